The van der Waals surface area contributed by atoms with Crippen LogP contribution in [0.3, 0.4) is 0 Å². The van der Waals surface area contributed by atoms with Gasteiger partial charge in [-0.2, -0.15) is 0 Å². The lowest BCUT2D eigenvalue weighted by molar-refractivity contribution is -0.135. The highest BCUT2D eigenvalue weighted by Crippen LogP contribution is 2.52. The average Bonchev–Trinajstić information content (AvgIpc) is 3.43. The highest BCUT2D eigenvalue weighted by atomic mass is 35.5. The molecule has 0 spiro atoms. The maximum atomic E-state index is 12.8. The number of amides is 1. The zero-order valence-electron chi connectivity index (χ0n) is 15.6. The summed E-state index contributed by atoms with van der Waals surface area (Å²) in [5.41, 5.74) is 7.58. The molecule has 2 heterocycles. The van der Waals surface area contributed by atoms with Crippen LogP contribution >= 0.6 is 11.6 Å². The van der Waals surface area contributed by atoms with Crippen LogP contribution in [0.4, 0.5) is 0 Å². The molecule has 0 radical (unpaired) electrons. The Labute approximate surface area is 165 Å². The second-order valence-corrected chi connectivity index (χ2v) is 8.57. The molecule has 0 bridgehead atoms. The molecule has 1 atom stereocenters. The number of piperidine rings is 1. The lowest BCUT2D eigenvalue weighted by Gasteiger charge is -2.43. The van der Waals surface area contributed by atoms with Gasteiger partial charge >= 0.3 is 0 Å². The zero-order chi connectivity index (χ0) is 18.9. The third kappa shape index (κ3) is 4.19. The minimum atomic E-state index is -0.492. The van der Waals surface area contributed by atoms with Gasteiger partial charge < -0.3 is 15.2 Å². The molecule has 1 aliphatic heterocycles. The highest BCUT2D eigenvalue weighted by Gasteiger charge is 2.47. The Morgan fingerprint density at radius 1 is 1.26 bits per heavy atom. The van der Waals surface area contributed by atoms with E-state index in [4.69, 9.17) is 17.3 Å². The summed E-state index contributed by atoms with van der Waals surface area (Å²) in [5, 5.41) is 0.698. The van der Waals surface area contributed by atoms with Gasteiger partial charge in [0, 0.05) is 37.1 Å². The molecule has 1 aliphatic carbocycles. The number of imidazole rings is 1. The number of nitrogens with two attached hydrogens (primary N) is 1. The van der Waals surface area contributed by atoms with Crippen LogP contribution in [0.25, 0.3) is 0 Å². The predicted octanol–water partition coefficient (Wildman–Crippen LogP) is 3.13. The molecule has 1 aromatic heterocycles. The van der Waals surface area contributed by atoms with E-state index >= 15 is 0 Å². The van der Waals surface area contributed by atoms with Gasteiger partial charge in [0.15, 0.2) is 0 Å². The fourth-order valence-corrected chi connectivity index (χ4v) is 4.63. The van der Waals surface area contributed by atoms with Gasteiger partial charge in [-0.1, -0.05) is 23.7 Å². The Kier molecular flexibility index (Phi) is 5.24. The molecule has 1 aromatic carbocycles. The molecule has 144 valence electrons. The average molecular weight is 387 g/mol. The second kappa shape index (κ2) is 7.64. The predicted molar refractivity (Wildman–Crippen MR) is 106 cm³/mol. The Morgan fingerprint density at radius 3 is 2.56 bits per heavy atom. The SMILES string of the molecule is NC(Cc1ccc(Cl)cc1)C(=O)N1CCC(Cn2ccnc2)(C2CC2)CC1. The number of halogens is 1. The van der Waals surface area contributed by atoms with Gasteiger partial charge in [-0.25, -0.2) is 4.98 Å². The Morgan fingerprint density at radius 2 is 1.96 bits per heavy atom. The first kappa shape index (κ1) is 18.5. The molecular weight excluding hydrogens is 360 g/mol. The number of carbonyl (C=O) groups is 1. The van der Waals surface area contributed by atoms with Crippen LogP contribution in [0.5, 0.6) is 0 Å². The van der Waals surface area contributed by atoms with Crippen LogP contribution in [-0.4, -0.2) is 39.5 Å². The third-order valence-electron chi connectivity index (χ3n) is 6.26. The van der Waals surface area contributed by atoms with E-state index < -0.39 is 6.04 Å². The quantitative estimate of drug-likeness (QED) is 0.829. The molecule has 5 nitrogen and oxygen atoms in total. The van der Waals surface area contributed by atoms with Gasteiger partial charge in [0.05, 0.1) is 12.4 Å². The summed E-state index contributed by atoms with van der Waals surface area (Å²) in [6, 6.07) is 7.07. The van der Waals surface area contributed by atoms with Crippen LogP contribution in [0.15, 0.2) is 43.0 Å². The summed E-state index contributed by atoms with van der Waals surface area (Å²) in [6.07, 6.45) is 11.1. The first-order chi connectivity index (χ1) is 13.1. The fraction of sp³-hybridized carbons (Fsp3) is 0.524. The summed E-state index contributed by atoms with van der Waals surface area (Å²) in [4.78, 5) is 19.0. The summed E-state index contributed by atoms with van der Waals surface area (Å²) in [7, 11) is 0. The van der Waals surface area contributed by atoms with Crippen molar-refractivity contribution in [2.24, 2.45) is 17.1 Å². The van der Waals surface area contributed by atoms with Crippen LogP contribution < -0.4 is 5.73 Å². The van der Waals surface area contributed by atoms with Gasteiger partial charge in [0.25, 0.3) is 0 Å². The number of likely N-dealkylation sites (tertiary alicyclic amines) is 1. The lowest BCUT2D eigenvalue weighted by atomic mass is 9.73. The molecule has 1 unspecified atom stereocenters. The van der Waals surface area contributed by atoms with Gasteiger partial charge in [-0.3, -0.25) is 4.79 Å². The summed E-state index contributed by atoms with van der Waals surface area (Å²) >= 11 is 5.93. The number of hydrogen-bond acceptors (Lipinski definition) is 3. The number of hydrogen-bond donors (Lipinski definition) is 1. The van der Waals surface area contributed by atoms with Crippen molar-refractivity contribution in [2.75, 3.05) is 13.1 Å². The summed E-state index contributed by atoms with van der Waals surface area (Å²) in [5.74, 6) is 0.858. The largest absolute Gasteiger partial charge is 0.341 e. The number of carbonyl (C=O) groups excluding carboxylic acids is 1. The van der Waals surface area contributed by atoms with E-state index in [-0.39, 0.29) is 5.91 Å². The molecular formula is C21H27ClN4O. The van der Waals surface area contributed by atoms with E-state index in [2.05, 4.69) is 9.55 Å². The molecule has 2 aromatic rings. The van der Waals surface area contributed by atoms with Crippen molar-refractivity contribution in [3.8, 4) is 0 Å². The number of nitrogens with zero attached hydrogens (tertiary/aromatic N) is 3. The van der Waals surface area contributed by atoms with Crippen LogP contribution in [0.1, 0.15) is 31.2 Å². The smallest absolute Gasteiger partial charge is 0.239 e. The van der Waals surface area contributed by atoms with E-state index in [0.717, 1.165) is 44.0 Å². The molecule has 2 N–H and O–H groups in total. The minimum Gasteiger partial charge on any atom is -0.341 e. The first-order valence-corrected chi connectivity index (χ1v) is 10.2. The third-order valence-corrected chi connectivity index (χ3v) is 6.51. The van der Waals surface area contributed by atoms with Crippen molar-refractivity contribution in [1.82, 2.24) is 14.5 Å². The maximum absolute atomic E-state index is 12.8. The minimum absolute atomic E-state index is 0.0666. The van der Waals surface area contributed by atoms with E-state index in [1.54, 1.807) is 0 Å². The maximum Gasteiger partial charge on any atom is 0.239 e. The molecule has 1 saturated carbocycles. The standard InChI is InChI=1S/C21H27ClN4O/c22-18-5-1-16(2-6-18)13-19(23)20(27)26-10-7-21(8-11-26,17-3-4-17)14-25-12-9-24-15-25/h1-2,5-6,9,12,15,17,19H,3-4,7-8,10-11,13-14,23H2. The molecule has 2 fully saturated rings. The Balaban J connectivity index is 1.36. The van der Waals surface area contributed by atoms with E-state index in [0.29, 0.717) is 16.9 Å². The number of aromatic nitrogens is 2. The van der Waals surface area contributed by atoms with Gasteiger partial charge in [-0.05, 0) is 61.1 Å². The van der Waals surface area contributed by atoms with Crippen molar-refractivity contribution in [1.29, 1.82) is 0 Å². The van der Waals surface area contributed by atoms with Crippen molar-refractivity contribution < 1.29 is 4.79 Å². The highest BCUT2D eigenvalue weighted by molar-refractivity contribution is 6.30. The van der Waals surface area contributed by atoms with E-state index in [1.165, 1.54) is 12.8 Å². The van der Waals surface area contributed by atoms with E-state index in [9.17, 15) is 4.79 Å². The van der Waals surface area contributed by atoms with Crippen molar-refractivity contribution in [2.45, 2.75) is 44.7 Å². The molecule has 6 heteroatoms. The van der Waals surface area contributed by atoms with Crippen LogP contribution in [-0.2, 0) is 17.8 Å². The molecule has 27 heavy (non-hydrogen) atoms. The summed E-state index contributed by atoms with van der Waals surface area (Å²) < 4.78 is 2.20. The topological polar surface area (TPSA) is 64.2 Å². The first-order valence-electron chi connectivity index (χ1n) is 9.80. The lowest BCUT2D eigenvalue weighted by Crippen LogP contribution is -2.51. The van der Waals surface area contributed by atoms with Crippen LogP contribution in [0, 0.1) is 11.3 Å². The molecule has 1 saturated heterocycles. The molecule has 4 rings (SSSR count). The van der Waals surface area contributed by atoms with E-state index in [1.807, 2.05) is 47.9 Å². The Hall–Kier alpha value is -1.85. The van der Waals surface area contributed by atoms with Gasteiger partial charge in [0.2, 0.25) is 5.91 Å². The van der Waals surface area contributed by atoms with Crippen molar-refractivity contribution >= 4 is 17.5 Å². The second-order valence-electron chi connectivity index (χ2n) is 8.13. The number of rotatable bonds is 6. The van der Waals surface area contributed by atoms with Crippen LogP contribution in [0.2, 0.25) is 5.02 Å². The van der Waals surface area contributed by atoms with Gasteiger partial charge in [0.1, 0.15) is 0 Å². The summed E-state index contributed by atoms with van der Waals surface area (Å²) in [6.45, 7) is 2.62. The normalized spacial score (nSPS) is 20.4. The van der Waals surface area contributed by atoms with Crippen molar-refractivity contribution in [3.05, 3.63) is 53.6 Å². The molecule has 1 amide bonds. The van der Waals surface area contributed by atoms with Gasteiger partial charge in [-0.15, -0.1) is 0 Å². The molecule has 2 aliphatic rings. The monoisotopic (exact) mass is 386 g/mol. The fourth-order valence-electron chi connectivity index (χ4n) is 4.50. The Bertz CT molecular complexity index is 762. The zero-order valence-corrected chi connectivity index (χ0v) is 16.3. The number of benzene rings is 1. The van der Waals surface area contributed by atoms with Crippen molar-refractivity contribution in [3.63, 3.8) is 0 Å².